The summed E-state index contributed by atoms with van der Waals surface area (Å²) in [6, 6.07) is 10.3. The molecule has 0 radical (unpaired) electrons. The van der Waals surface area contributed by atoms with E-state index in [2.05, 4.69) is 9.97 Å². The summed E-state index contributed by atoms with van der Waals surface area (Å²) in [5.41, 5.74) is 8.26. The zero-order valence-corrected chi connectivity index (χ0v) is 14.5. The summed E-state index contributed by atoms with van der Waals surface area (Å²) in [6.07, 6.45) is 5.27. The van der Waals surface area contributed by atoms with Crippen LogP contribution in [0.15, 0.2) is 55.1 Å². The van der Waals surface area contributed by atoms with Crippen LogP contribution in [0.4, 0.5) is 10.1 Å². The van der Waals surface area contributed by atoms with Crippen molar-refractivity contribution in [2.45, 2.75) is 0 Å². The van der Waals surface area contributed by atoms with Gasteiger partial charge in [-0.05, 0) is 30.3 Å². The number of nitrogens with zero attached hydrogens (tertiary/aromatic N) is 3. The lowest BCUT2D eigenvalue weighted by Gasteiger charge is -2.11. The molecule has 7 heteroatoms. The zero-order valence-electron chi connectivity index (χ0n) is 13.8. The van der Waals surface area contributed by atoms with Gasteiger partial charge in [-0.25, -0.2) is 9.37 Å². The molecule has 0 atom stereocenters. The predicted octanol–water partition coefficient (Wildman–Crippen LogP) is 4.80. The third-order valence-electron chi connectivity index (χ3n) is 4.00. The Bertz CT molecular complexity index is 1130. The lowest BCUT2D eigenvalue weighted by Crippen LogP contribution is -1.94. The number of pyridine rings is 1. The SMILES string of the molecule is Cn1cnc(-c2ccc3c(Oc4ccc(N)c(Cl)c4F)ccnc3c2)c1. The van der Waals surface area contributed by atoms with Crippen molar-refractivity contribution in [3.63, 3.8) is 0 Å². The second-order valence-corrected chi connectivity index (χ2v) is 6.23. The van der Waals surface area contributed by atoms with Gasteiger partial charge in [-0.2, -0.15) is 0 Å². The van der Waals surface area contributed by atoms with Crippen molar-refractivity contribution in [1.29, 1.82) is 0 Å². The van der Waals surface area contributed by atoms with Gasteiger partial charge in [0.25, 0.3) is 0 Å². The Hall–Kier alpha value is -3.12. The first-order chi connectivity index (χ1) is 12.5. The fraction of sp³-hybridized carbons (Fsp3) is 0.0526. The molecule has 26 heavy (non-hydrogen) atoms. The molecule has 0 spiro atoms. The molecule has 0 saturated heterocycles. The molecule has 0 bridgehead atoms. The fourth-order valence-corrected chi connectivity index (χ4v) is 2.83. The maximum absolute atomic E-state index is 14.3. The first-order valence-corrected chi connectivity index (χ1v) is 8.19. The Kier molecular flexibility index (Phi) is 3.97. The van der Waals surface area contributed by atoms with E-state index in [-0.39, 0.29) is 16.5 Å². The second-order valence-electron chi connectivity index (χ2n) is 5.85. The number of hydrogen-bond acceptors (Lipinski definition) is 4. The van der Waals surface area contributed by atoms with Crippen LogP contribution in [0, 0.1) is 5.82 Å². The Morgan fingerprint density at radius 3 is 2.73 bits per heavy atom. The van der Waals surface area contributed by atoms with Crippen LogP contribution in [0.2, 0.25) is 5.02 Å². The molecular weight excluding hydrogens is 355 g/mol. The van der Waals surface area contributed by atoms with Crippen molar-refractivity contribution in [3.8, 4) is 22.8 Å². The van der Waals surface area contributed by atoms with E-state index in [1.165, 1.54) is 12.1 Å². The maximum atomic E-state index is 14.3. The van der Waals surface area contributed by atoms with Crippen LogP contribution < -0.4 is 10.5 Å². The molecule has 0 saturated carbocycles. The first-order valence-electron chi connectivity index (χ1n) is 7.81. The van der Waals surface area contributed by atoms with Crippen LogP contribution in [-0.4, -0.2) is 14.5 Å². The number of rotatable bonds is 3. The van der Waals surface area contributed by atoms with Crippen LogP contribution in [-0.2, 0) is 7.05 Å². The number of hydrogen-bond donors (Lipinski definition) is 1. The summed E-state index contributed by atoms with van der Waals surface area (Å²) >= 11 is 5.86. The zero-order chi connectivity index (χ0) is 18.3. The Labute approximate surface area is 153 Å². The van der Waals surface area contributed by atoms with Crippen LogP contribution in [0.1, 0.15) is 0 Å². The Morgan fingerprint density at radius 2 is 1.96 bits per heavy atom. The maximum Gasteiger partial charge on any atom is 0.186 e. The molecule has 5 nitrogen and oxygen atoms in total. The van der Waals surface area contributed by atoms with E-state index in [0.29, 0.717) is 11.3 Å². The molecule has 0 aliphatic heterocycles. The quantitative estimate of drug-likeness (QED) is 0.527. The molecule has 2 aromatic carbocycles. The number of ether oxygens (including phenoxy) is 1. The largest absolute Gasteiger partial charge is 0.453 e. The van der Waals surface area contributed by atoms with E-state index < -0.39 is 5.82 Å². The molecule has 4 aromatic rings. The lowest BCUT2D eigenvalue weighted by molar-refractivity contribution is 0.446. The number of nitrogens with two attached hydrogens (primary N) is 1. The summed E-state index contributed by atoms with van der Waals surface area (Å²) < 4.78 is 21.9. The summed E-state index contributed by atoms with van der Waals surface area (Å²) in [7, 11) is 1.91. The van der Waals surface area contributed by atoms with Crippen LogP contribution >= 0.6 is 11.6 Å². The van der Waals surface area contributed by atoms with Crippen molar-refractivity contribution in [3.05, 3.63) is 66.0 Å². The van der Waals surface area contributed by atoms with Crippen molar-refractivity contribution in [2.75, 3.05) is 5.73 Å². The van der Waals surface area contributed by atoms with Gasteiger partial charge in [0.05, 0.1) is 23.2 Å². The Morgan fingerprint density at radius 1 is 1.12 bits per heavy atom. The third-order valence-corrected chi connectivity index (χ3v) is 4.38. The molecule has 0 unspecified atom stereocenters. The number of fused-ring (bicyclic) bond motifs is 1. The van der Waals surface area contributed by atoms with Crippen molar-refractivity contribution in [2.24, 2.45) is 7.05 Å². The molecule has 0 amide bonds. The van der Waals surface area contributed by atoms with E-state index in [0.717, 1.165) is 16.6 Å². The van der Waals surface area contributed by atoms with Gasteiger partial charge in [0.2, 0.25) is 0 Å². The van der Waals surface area contributed by atoms with Crippen molar-refractivity contribution < 1.29 is 9.13 Å². The smallest absolute Gasteiger partial charge is 0.186 e. The van der Waals surface area contributed by atoms with Gasteiger partial charge in [-0.3, -0.25) is 4.98 Å². The van der Waals surface area contributed by atoms with Crippen LogP contribution in [0.5, 0.6) is 11.5 Å². The number of aryl methyl sites for hydroxylation is 1. The summed E-state index contributed by atoms with van der Waals surface area (Å²) in [5, 5.41) is 0.595. The van der Waals surface area contributed by atoms with Gasteiger partial charge < -0.3 is 15.0 Å². The molecule has 2 aromatic heterocycles. The fourth-order valence-electron chi connectivity index (χ4n) is 2.68. The highest BCUT2D eigenvalue weighted by Gasteiger charge is 2.14. The first kappa shape index (κ1) is 16.4. The highest BCUT2D eigenvalue weighted by atomic mass is 35.5. The van der Waals surface area contributed by atoms with Gasteiger partial charge in [0, 0.05) is 30.4 Å². The molecule has 2 heterocycles. The summed E-state index contributed by atoms with van der Waals surface area (Å²) in [5.74, 6) is -0.213. The van der Waals surface area contributed by atoms with E-state index in [4.69, 9.17) is 22.1 Å². The molecule has 2 N–H and O–H groups in total. The number of benzene rings is 2. The van der Waals surface area contributed by atoms with Crippen LogP contribution in [0.3, 0.4) is 0 Å². The van der Waals surface area contributed by atoms with Crippen molar-refractivity contribution >= 4 is 28.2 Å². The highest BCUT2D eigenvalue weighted by Crippen LogP contribution is 2.35. The number of halogens is 2. The lowest BCUT2D eigenvalue weighted by atomic mass is 10.1. The van der Waals surface area contributed by atoms with Crippen molar-refractivity contribution in [1.82, 2.24) is 14.5 Å². The molecule has 4 rings (SSSR count). The second kappa shape index (κ2) is 6.31. The third kappa shape index (κ3) is 2.84. The topological polar surface area (TPSA) is 66.0 Å². The average molecular weight is 369 g/mol. The van der Waals surface area contributed by atoms with Gasteiger partial charge in [-0.1, -0.05) is 17.7 Å². The minimum atomic E-state index is -0.693. The predicted molar refractivity (Wildman–Crippen MR) is 99.8 cm³/mol. The average Bonchev–Trinajstić information content (AvgIpc) is 3.08. The van der Waals surface area contributed by atoms with Gasteiger partial charge in [-0.15, -0.1) is 0 Å². The summed E-state index contributed by atoms with van der Waals surface area (Å²) in [6.45, 7) is 0. The monoisotopic (exact) mass is 368 g/mol. The van der Waals surface area contributed by atoms with E-state index in [1.807, 2.05) is 36.0 Å². The van der Waals surface area contributed by atoms with E-state index in [9.17, 15) is 4.39 Å². The minimum Gasteiger partial charge on any atom is -0.453 e. The highest BCUT2D eigenvalue weighted by molar-refractivity contribution is 6.33. The van der Waals surface area contributed by atoms with E-state index >= 15 is 0 Å². The molecule has 0 fully saturated rings. The molecular formula is C19H14ClFN4O. The van der Waals surface area contributed by atoms with Crippen LogP contribution in [0.25, 0.3) is 22.2 Å². The Balaban J connectivity index is 1.76. The molecule has 0 aliphatic carbocycles. The molecule has 0 aliphatic rings. The number of anilines is 1. The number of aromatic nitrogens is 3. The van der Waals surface area contributed by atoms with Gasteiger partial charge >= 0.3 is 0 Å². The number of imidazole rings is 1. The molecule has 130 valence electrons. The van der Waals surface area contributed by atoms with E-state index in [1.54, 1.807) is 18.6 Å². The standard InChI is InChI=1S/C19H14ClFN4O/c1-25-9-15(24-10-25)11-2-3-12-14(8-11)23-7-6-16(12)26-17-5-4-13(22)18(20)19(17)21/h2-10H,22H2,1H3. The number of nitrogen functional groups attached to an aromatic ring is 1. The van der Waals surface area contributed by atoms with Gasteiger partial charge in [0.1, 0.15) is 10.8 Å². The summed E-state index contributed by atoms with van der Waals surface area (Å²) in [4.78, 5) is 8.72. The van der Waals surface area contributed by atoms with Gasteiger partial charge in [0.15, 0.2) is 11.6 Å². The minimum absolute atomic E-state index is 0.00509. The normalized spacial score (nSPS) is 11.0.